The number of aryl methyl sites for hydroxylation is 1. The minimum Gasteiger partial charge on any atom is -0.364 e. The van der Waals surface area contributed by atoms with Gasteiger partial charge in [-0.05, 0) is 20.0 Å². The largest absolute Gasteiger partial charge is 0.364 e. The number of nitro groups is 1. The van der Waals surface area contributed by atoms with Crippen LogP contribution in [0.5, 0.6) is 0 Å². The van der Waals surface area contributed by atoms with Crippen LogP contribution >= 0.6 is 0 Å². The number of anilines is 1. The van der Waals surface area contributed by atoms with E-state index in [1.165, 1.54) is 0 Å². The predicted molar refractivity (Wildman–Crippen MR) is 75.5 cm³/mol. The lowest BCUT2D eigenvalue weighted by Crippen LogP contribution is -2.55. The highest BCUT2D eigenvalue weighted by Crippen LogP contribution is 2.27. The van der Waals surface area contributed by atoms with Gasteiger partial charge in [-0.25, -0.2) is 0 Å². The molecule has 0 aliphatic carbocycles. The normalized spacial score (nSPS) is 20.6. The van der Waals surface area contributed by atoms with Crippen molar-refractivity contribution >= 4 is 11.4 Å². The number of nitrogens with two attached hydrogens (primary N) is 1. The molecule has 0 saturated carbocycles. The van der Waals surface area contributed by atoms with Gasteiger partial charge in [-0.2, -0.15) is 0 Å². The minimum atomic E-state index is -0.327. The lowest BCUT2D eigenvalue weighted by atomic mass is 10.1. The fraction of sp³-hybridized carbons (Fsp3) is 0.538. The van der Waals surface area contributed by atoms with Crippen LogP contribution in [0, 0.1) is 17.0 Å². The third kappa shape index (κ3) is 2.85. The zero-order chi connectivity index (χ0) is 14.0. The molecule has 6 nitrogen and oxygen atoms in total. The average Bonchev–Trinajstić information content (AvgIpc) is 2.39. The Morgan fingerprint density at radius 2 is 2.21 bits per heavy atom. The van der Waals surface area contributed by atoms with E-state index in [-0.39, 0.29) is 16.7 Å². The topological polar surface area (TPSA) is 75.6 Å². The van der Waals surface area contributed by atoms with Crippen molar-refractivity contribution < 1.29 is 4.92 Å². The van der Waals surface area contributed by atoms with Crippen molar-refractivity contribution in [3.05, 3.63) is 33.9 Å². The second kappa shape index (κ2) is 5.54. The second-order valence-electron chi connectivity index (χ2n) is 5.07. The first-order chi connectivity index (χ1) is 9.02. The second-order valence-corrected chi connectivity index (χ2v) is 5.07. The zero-order valence-electron chi connectivity index (χ0n) is 11.4. The molecule has 1 heterocycles. The first-order valence-corrected chi connectivity index (χ1v) is 6.43. The molecule has 1 unspecified atom stereocenters. The van der Waals surface area contributed by atoms with Gasteiger partial charge >= 0.3 is 0 Å². The quantitative estimate of drug-likeness (QED) is 0.650. The molecule has 19 heavy (non-hydrogen) atoms. The Labute approximate surface area is 112 Å². The van der Waals surface area contributed by atoms with E-state index in [1.54, 1.807) is 19.1 Å². The molecule has 1 atom stereocenters. The summed E-state index contributed by atoms with van der Waals surface area (Å²) in [6, 6.07) is 5.61. The van der Waals surface area contributed by atoms with E-state index in [1.807, 2.05) is 6.07 Å². The highest BCUT2D eigenvalue weighted by Gasteiger charge is 2.25. The fourth-order valence-corrected chi connectivity index (χ4v) is 2.53. The monoisotopic (exact) mass is 264 g/mol. The van der Waals surface area contributed by atoms with Crippen molar-refractivity contribution in [3.8, 4) is 0 Å². The van der Waals surface area contributed by atoms with Gasteiger partial charge in [-0.1, -0.05) is 6.07 Å². The van der Waals surface area contributed by atoms with Crippen LogP contribution in [0.3, 0.4) is 0 Å². The molecule has 0 radical (unpaired) electrons. The molecule has 1 fully saturated rings. The molecule has 6 heteroatoms. The first-order valence-electron chi connectivity index (χ1n) is 6.43. The van der Waals surface area contributed by atoms with Crippen LogP contribution < -0.4 is 10.6 Å². The zero-order valence-corrected chi connectivity index (χ0v) is 11.4. The van der Waals surface area contributed by atoms with Crippen molar-refractivity contribution in [2.45, 2.75) is 13.0 Å². The summed E-state index contributed by atoms with van der Waals surface area (Å²) < 4.78 is 0. The van der Waals surface area contributed by atoms with E-state index in [9.17, 15) is 10.1 Å². The summed E-state index contributed by atoms with van der Waals surface area (Å²) in [5.41, 5.74) is 7.57. The van der Waals surface area contributed by atoms with E-state index in [4.69, 9.17) is 5.73 Å². The van der Waals surface area contributed by atoms with Gasteiger partial charge < -0.3 is 15.5 Å². The van der Waals surface area contributed by atoms with Crippen molar-refractivity contribution in [1.82, 2.24) is 4.90 Å². The Hall–Kier alpha value is -1.66. The Kier molecular flexibility index (Phi) is 4.01. The van der Waals surface area contributed by atoms with Crippen molar-refractivity contribution in [1.29, 1.82) is 0 Å². The summed E-state index contributed by atoms with van der Waals surface area (Å²) in [6.07, 6.45) is 0. The van der Waals surface area contributed by atoms with Gasteiger partial charge in [0.15, 0.2) is 0 Å². The molecule has 0 bridgehead atoms. The maximum absolute atomic E-state index is 11.0. The Morgan fingerprint density at radius 1 is 1.47 bits per heavy atom. The molecule has 2 N–H and O–H groups in total. The SMILES string of the molecule is Cc1ccc(N2CCN(C)CC2CN)cc1[N+](=O)[O-]. The molecular weight excluding hydrogens is 244 g/mol. The van der Waals surface area contributed by atoms with E-state index in [2.05, 4.69) is 16.8 Å². The number of piperazine rings is 1. The maximum Gasteiger partial charge on any atom is 0.274 e. The molecule has 1 aliphatic rings. The number of hydrogen-bond acceptors (Lipinski definition) is 5. The van der Waals surface area contributed by atoms with Gasteiger partial charge in [0, 0.05) is 43.5 Å². The van der Waals surface area contributed by atoms with Gasteiger partial charge in [0.25, 0.3) is 5.69 Å². The van der Waals surface area contributed by atoms with Gasteiger partial charge in [-0.3, -0.25) is 10.1 Å². The van der Waals surface area contributed by atoms with Crippen LogP contribution in [0.4, 0.5) is 11.4 Å². The first kappa shape index (κ1) is 13.8. The van der Waals surface area contributed by atoms with E-state index < -0.39 is 0 Å². The minimum absolute atomic E-state index is 0.173. The molecule has 0 aromatic heterocycles. The van der Waals surface area contributed by atoms with Crippen LogP contribution in [-0.2, 0) is 0 Å². The fourth-order valence-electron chi connectivity index (χ4n) is 2.53. The molecule has 104 valence electrons. The van der Waals surface area contributed by atoms with E-state index in [0.29, 0.717) is 12.1 Å². The van der Waals surface area contributed by atoms with E-state index >= 15 is 0 Å². The van der Waals surface area contributed by atoms with Gasteiger partial charge in [0.05, 0.1) is 11.0 Å². The number of nitrogens with zero attached hydrogens (tertiary/aromatic N) is 3. The smallest absolute Gasteiger partial charge is 0.274 e. The number of hydrogen-bond donors (Lipinski definition) is 1. The van der Waals surface area contributed by atoms with Crippen LogP contribution in [0.25, 0.3) is 0 Å². The van der Waals surface area contributed by atoms with Crippen LogP contribution in [0.15, 0.2) is 18.2 Å². The summed E-state index contributed by atoms with van der Waals surface area (Å²) >= 11 is 0. The predicted octanol–water partition coefficient (Wildman–Crippen LogP) is 0.982. The number of nitro benzene ring substituents is 1. The lowest BCUT2D eigenvalue weighted by molar-refractivity contribution is -0.385. The summed E-state index contributed by atoms with van der Waals surface area (Å²) in [7, 11) is 2.07. The Balaban J connectivity index is 2.30. The summed E-state index contributed by atoms with van der Waals surface area (Å²) in [6.45, 7) is 4.98. The standard InChI is InChI=1S/C13H20N4O2/c1-10-3-4-11(7-13(10)17(18)19)16-6-5-15(2)9-12(16)8-14/h3-4,7,12H,5-6,8-9,14H2,1-2H3. The molecular formula is C13H20N4O2. The van der Waals surface area contributed by atoms with Gasteiger partial charge in [-0.15, -0.1) is 0 Å². The van der Waals surface area contributed by atoms with Crippen LogP contribution in [0.2, 0.25) is 0 Å². The van der Waals surface area contributed by atoms with Crippen molar-refractivity contribution in [2.75, 3.05) is 38.1 Å². The Morgan fingerprint density at radius 3 is 2.84 bits per heavy atom. The molecule has 0 spiro atoms. The number of benzene rings is 1. The van der Waals surface area contributed by atoms with Crippen LogP contribution in [0.1, 0.15) is 5.56 Å². The molecule has 1 saturated heterocycles. The molecule has 1 aromatic carbocycles. The highest BCUT2D eigenvalue weighted by atomic mass is 16.6. The summed E-state index contributed by atoms with van der Waals surface area (Å²) in [5, 5.41) is 11.0. The molecule has 0 amide bonds. The molecule has 1 aromatic rings. The van der Waals surface area contributed by atoms with Gasteiger partial charge in [0.1, 0.15) is 0 Å². The molecule has 1 aliphatic heterocycles. The summed E-state index contributed by atoms with van der Waals surface area (Å²) in [4.78, 5) is 15.1. The summed E-state index contributed by atoms with van der Waals surface area (Å²) in [5.74, 6) is 0. The Bertz CT molecular complexity index is 478. The van der Waals surface area contributed by atoms with Crippen molar-refractivity contribution in [3.63, 3.8) is 0 Å². The average molecular weight is 264 g/mol. The highest BCUT2D eigenvalue weighted by molar-refractivity contribution is 5.57. The maximum atomic E-state index is 11.0. The number of rotatable bonds is 3. The third-order valence-corrected chi connectivity index (χ3v) is 3.68. The third-order valence-electron chi connectivity index (χ3n) is 3.68. The number of likely N-dealkylation sites (N-methyl/N-ethyl adjacent to an activating group) is 1. The van der Waals surface area contributed by atoms with Crippen LogP contribution in [-0.4, -0.2) is 49.1 Å². The lowest BCUT2D eigenvalue weighted by Gasteiger charge is -2.41. The van der Waals surface area contributed by atoms with Crippen molar-refractivity contribution in [2.24, 2.45) is 5.73 Å². The van der Waals surface area contributed by atoms with E-state index in [0.717, 1.165) is 25.3 Å². The van der Waals surface area contributed by atoms with Gasteiger partial charge in [0.2, 0.25) is 0 Å². The molecule has 2 rings (SSSR count).